The predicted molar refractivity (Wildman–Crippen MR) is 71.4 cm³/mol. The maximum absolute atomic E-state index is 11.8. The second-order valence-electron chi connectivity index (χ2n) is 4.05. The molecule has 18 heavy (non-hydrogen) atoms. The fourth-order valence-corrected chi connectivity index (χ4v) is 1.42. The smallest absolute Gasteiger partial charge is 0.273 e. The standard InChI is InChI=1S/C10H17ClN6O/c1-17(2)5-3-4-14-10(18)6-8(12)16-9(13)7(11)15-6/h3-5H2,1-2H3,(H,14,18)(H4,12,13,16). The number of anilines is 2. The van der Waals surface area contributed by atoms with E-state index in [2.05, 4.69) is 15.3 Å². The summed E-state index contributed by atoms with van der Waals surface area (Å²) in [4.78, 5) is 21.4. The van der Waals surface area contributed by atoms with E-state index in [0.29, 0.717) is 6.54 Å². The molecule has 0 unspecified atom stereocenters. The molecule has 0 aromatic carbocycles. The largest absolute Gasteiger partial charge is 0.382 e. The minimum Gasteiger partial charge on any atom is -0.382 e. The summed E-state index contributed by atoms with van der Waals surface area (Å²) in [7, 11) is 3.93. The van der Waals surface area contributed by atoms with Crippen LogP contribution in [0, 0.1) is 0 Å². The van der Waals surface area contributed by atoms with Gasteiger partial charge in [-0.05, 0) is 27.1 Å². The topological polar surface area (TPSA) is 110 Å². The fraction of sp³-hybridized carbons (Fsp3) is 0.500. The Balaban J connectivity index is 2.59. The molecule has 8 heteroatoms. The molecule has 1 amide bonds. The van der Waals surface area contributed by atoms with Gasteiger partial charge in [0.25, 0.3) is 5.91 Å². The first-order chi connectivity index (χ1) is 8.41. The fourth-order valence-electron chi connectivity index (χ4n) is 1.29. The minimum atomic E-state index is -0.402. The molecule has 1 heterocycles. The molecule has 0 saturated heterocycles. The van der Waals surface area contributed by atoms with Gasteiger partial charge in [-0.15, -0.1) is 0 Å². The number of hydrogen-bond donors (Lipinski definition) is 3. The third kappa shape index (κ3) is 4.01. The van der Waals surface area contributed by atoms with Crippen molar-refractivity contribution in [3.05, 3.63) is 10.8 Å². The van der Waals surface area contributed by atoms with Crippen LogP contribution in [0.5, 0.6) is 0 Å². The van der Waals surface area contributed by atoms with Crippen molar-refractivity contribution in [1.82, 2.24) is 20.2 Å². The summed E-state index contributed by atoms with van der Waals surface area (Å²) in [6.07, 6.45) is 0.828. The molecule has 5 N–H and O–H groups in total. The normalized spacial score (nSPS) is 10.7. The van der Waals surface area contributed by atoms with Crippen LogP contribution in [0.4, 0.5) is 11.6 Å². The average molecular weight is 273 g/mol. The van der Waals surface area contributed by atoms with E-state index in [0.717, 1.165) is 13.0 Å². The van der Waals surface area contributed by atoms with E-state index in [1.54, 1.807) is 0 Å². The molecule has 0 spiro atoms. The van der Waals surface area contributed by atoms with E-state index >= 15 is 0 Å². The third-order valence-corrected chi connectivity index (χ3v) is 2.47. The Kier molecular flexibility index (Phi) is 5.11. The number of carbonyl (C=O) groups excluding carboxylic acids is 1. The number of nitrogens with one attached hydrogen (secondary N) is 1. The molecule has 0 radical (unpaired) electrons. The lowest BCUT2D eigenvalue weighted by molar-refractivity contribution is 0.0948. The number of hydrogen-bond acceptors (Lipinski definition) is 6. The molecule has 0 fully saturated rings. The van der Waals surface area contributed by atoms with Gasteiger partial charge >= 0.3 is 0 Å². The lowest BCUT2D eigenvalue weighted by Gasteiger charge is -2.10. The molecule has 0 aliphatic rings. The monoisotopic (exact) mass is 272 g/mol. The van der Waals surface area contributed by atoms with Crippen LogP contribution in [0.15, 0.2) is 0 Å². The van der Waals surface area contributed by atoms with Gasteiger partial charge in [0.15, 0.2) is 22.5 Å². The number of aromatic nitrogens is 2. The van der Waals surface area contributed by atoms with E-state index in [9.17, 15) is 4.79 Å². The van der Waals surface area contributed by atoms with Crippen LogP contribution in [0.1, 0.15) is 16.9 Å². The third-order valence-electron chi connectivity index (χ3n) is 2.19. The second kappa shape index (κ2) is 6.36. The highest BCUT2D eigenvalue weighted by atomic mass is 35.5. The van der Waals surface area contributed by atoms with Crippen LogP contribution < -0.4 is 16.8 Å². The van der Waals surface area contributed by atoms with Gasteiger partial charge in [0.2, 0.25) is 0 Å². The molecular weight excluding hydrogens is 256 g/mol. The van der Waals surface area contributed by atoms with Crippen molar-refractivity contribution in [2.75, 3.05) is 38.7 Å². The molecule has 1 aromatic heterocycles. The maximum Gasteiger partial charge on any atom is 0.273 e. The summed E-state index contributed by atoms with van der Waals surface area (Å²) in [5.41, 5.74) is 11.0. The molecule has 0 saturated carbocycles. The maximum atomic E-state index is 11.8. The van der Waals surface area contributed by atoms with Gasteiger partial charge < -0.3 is 21.7 Å². The van der Waals surface area contributed by atoms with Gasteiger partial charge in [-0.25, -0.2) is 9.97 Å². The van der Waals surface area contributed by atoms with Gasteiger partial charge in [-0.2, -0.15) is 0 Å². The van der Waals surface area contributed by atoms with Crippen molar-refractivity contribution >= 4 is 29.1 Å². The Labute approximate surface area is 111 Å². The first kappa shape index (κ1) is 14.5. The van der Waals surface area contributed by atoms with Crippen molar-refractivity contribution in [3.63, 3.8) is 0 Å². The summed E-state index contributed by atoms with van der Waals surface area (Å²) >= 11 is 5.69. The van der Waals surface area contributed by atoms with Crippen LogP contribution in [0.3, 0.4) is 0 Å². The lowest BCUT2D eigenvalue weighted by atomic mass is 10.3. The number of carbonyl (C=O) groups is 1. The zero-order chi connectivity index (χ0) is 13.7. The highest BCUT2D eigenvalue weighted by Crippen LogP contribution is 2.16. The molecule has 1 aromatic rings. The van der Waals surface area contributed by atoms with Crippen molar-refractivity contribution in [2.24, 2.45) is 0 Å². The lowest BCUT2D eigenvalue weighted by Crippen LogP contribution is -2.29. The molecule has 0 aliphatic heterocycles. The van der Waals surface area contributed by atoms with Crippen LogP contribution >= 0.6 is 11.6 Å². The van der Waals surface area contributed by atoms with Crippen LogP contribution in [-0.2, 0) is 0 Å². The molecule has 7 nitrogen and oxygen atoms in total. The van der Waals surface area contributed by atoms with E-state index in [1.807, 2.05) is 19.0 Å². The zero-order valence-electron chi connectivity index (χ0n) is 10.4. The Morgan fingerprint density at radius 2 is 2.00 bits per heavy atom. The predicted octanol–water partition coefficient (Wildman–Crippen LogP) is -0.0241. The molecule has 1 rings (SSSR count). The van der Waals surface area contributed by atoms with Crippen LogP contribution in [0.25, 0.3) is 0 Å². The number of nitrogen functional groups attached to an aromatic ring is 2. The summed E-state index contributed by atoms with van der Waals surface area (Å²) in [5.74, 6) is -0.416. The quantitative estimate of drug-likeness (QED) is 0.650. The molecule has 0 bridgehead atoms. The van der Waals surface area contributed by atoms with Gasteiger partial charge in [0.1, 0.15) is 0 Å². The molecular formula is C10H17ClN6O. The van der Waals surface area contributed by atoms with Crippen molar-refractivity contribution < 1.29 is 4.79 Å². The Bertz CT molecular complexity index is 437. The highest BCUT2D eigenvalue weighted by Gasteiger charge is 2.15. The molecule has 100 valence electrons. The van der Waals surface area contributed by atoms with Crippen LogP contribution in [-0.4, -0.2) is 48.0 Å². The van der Waals surface area contributed by atoms with Gasteiger partial charge in [0, 0.05) is 6.54 Å². The van der Waals surface area contributed by atoms with E-state index in [1.165, 1.54) is 0 Å². The summed E-state index contributed by atoms with van der Waals surface area (Å²) < 4.78 is 0. The van der Waals surface area contributed by atoms with Crippen molar-refractivity contribution in [3.8, 4) is 0 Å². The average Bonchev–Trinajstić information content (AvgIpc) is 2.28. The number of halogens is 1. The van der Waals surface area contributed by atoms with Gasteiger partial charge in [-0.1, -0.05) is 11.6 Å². The van der Waals surface area contributed by atoms with Crippen molar-refractivity contribution in [2.45, 2.75) is 6.42 Å². The first-order valence-corrected chi connectivity index (χ1v) is 5.81. The van der Waals surface area contributed by atoms with Gasteiger partial charge in [0.05, 0.1) is 0 Å². The Hall–Kier alpha value is -1.60. The summed E-state index contributed by atoms with van der Waals surface area (Å²) in [5, 5.41) is 2.67. The number of amides is 1. The number of nitrogens with zero attached hydrogens (tertiary/aromatic N) is 3. The summed E-state index contributed by atoms with van der Waals surface area (Å²) in [6.45, 7) is 1.41. The SMILES string of the molecule is CN(C)CCCNC(=O)c1nc(Cl)c(N)nc1N. The second-order valence-corrected chi connectivity index (χ2v) is 4.40. The number of nitrogens with two attached hydrogens (primary N) is 2. The minimum absolute atomic E-state index is 0.000877. The first-order valence-electron chi connectivity index (χ1n) is 5.43. The Morgan fingerprint density at radius 1 is 1.33 bits per heavy atom. The van der Waals surface area contributed by atoms with E-state index < -0.39 is 5.91 Å². The molecule has 0 atom stereocenters. The van der Waals surface area contributed by atoms with Crippen molar-refractivity contribution in [1.29, 1.82) is 0 Å². The van der Waals surface area contributed by atoms with E-state index in [4.69, 9.17) is 23.1 Å². The number of rotatable bonds is 5. The van der Waals surface area contributed by atoms with E-state index in [-0.39, 0.29) is 22.5 Å². The summed E-state index contributed by atoms with van der Waals surface area (Å²) in [6, 6.07) is 0. The zero-order valence-corrected chi connectivity index (χ0v) is 11.2. The Morgan fingerprint density at radius 3 is 2.61 bits per heavy atom. The highest BCUT2D eigenvalue weighted by molar-refractivity contribution is 6.31. The van der Waals surface area contributed by atoms with Crippen LogP contribution in [0.2, 0.25) is 5.15 Å². The molecule has 0 aliphatic carbocycles. The van der Waals surface area contributed by atoms with Gasteiger partial charge in [-0.3, -0.25) is 4.79 Å².